The van der Waals surface area contributed by atoms with Crippen LogP contribution in [0, 0.1) is 5.82 Å². The number of likely N-dealkylation sites (tertiary alicyclic amines) is 1. The SMILES string of the molecule is C=CC(=O)N1CCC(Oc2cc3c(NC(=O)c4ccc(F)cc4)ncnc3cc2OC)CC1. The third-order valence-corrected chi connectivity index (χ3v) is 5.48. The molecule has 1 aliphatic heterocycles. The third kappa shape index (κ3) is 4.92. The van der Waals surface area contributed by atoms with Crippen LogP contribution in [-0.4, -0.2) is 53.0 Å². The van der Waals surface area contributed by atoms with Crippen LogP contribution in [0.4, 0.5) is 10.2 Å². The van der Waals surface area contributed by atoms with E-state index < -0.39 is 11.7 Å². The van der Waals surface area contributed by atoms with E-state index in [0.29, 0.717) is 59.7 Å². The molecule has 4 rings (SSSR count). The normalized spacial score (nSPS) is 14.1. The summed E-state index contributed by atoms with van der Waals surface area (Å²) in [5.41, 5.74) is 0.865. The molecule has 0 radical (unpaired) electrons. The van der Waals surface area contributed by atoms with E-state index in [0.717, 1.165) is 0 Å². The maximum absolute atomic E-state index is 13.2. The predicted octanol–water partition coefficient (Wildman–Crippen LogP) is 3.59. The summed E-state index contributed by atoms with van der Waals surface area (Å²) in [6.07, 6.45) is 3.89. The quantitative estimate of drug-likeness (QED) is 0.577. The van der Waals surface area contributed by atoms with E-state index in [9.17, 15) is 14.0 Å². The number of anilines is 1. The summed E-state index contributed by atoms with van der Waals surface area (Å²) in [5, 5.41) is 3.32. The second-order valence-electron chi connectivity index (χ2n) is 7.55. The zero-order valence-corrected chi connectivity index (χ0v) is 18.1. The Balaban J connectivity index is 1.57. The van der Waals surface area contributed by atoms with Gasteiger partial charge in [0.05, 0.1) is 12.6 Å². The standard InChI is InChI=1S/C24H23FN4O4/c1-3-22(30)29-10-8-17(9-11-29)33-21-12-18-19(13-20(21)32-2)26-14-27-23(18)28-24(31)15-4-6-16(25)7-5-15/h3-7,12-14,17H,1,8-11H2,2H3,(H,26,27,28,31). The van der Waals surface area contributed by atoms with E-state index in [1.807, 2.05) is 0 Å². The van der Waals surface area contributed by atoms with Crippen LogP contribution in [0.5, 0.6) is 11.5 Å². The number of nitrogens with zero attached hydrogens (tertiary/aromatic N) is 3. The number of hydrogen-bond acceptors (Lipinski definition) is 6. The summed E-state index contributed by atoms with van der Waals surface area (Å²) in [6.45, 7) is 4.68. The van der Waals surface area contributed by atoms with Crippen molar-refractivity contribution in [3.63, 3.8) is 0 Å². The van der Waals surface area contributed by atoms with Crippen LogP contribution >= 0.6 is 0 Å². The van der Waals surface area contributed by atoms with E-state index >= 15 is 0 Å². The van der Waals surface area contributed by atoms with Gasteiger partial charge in [-0.05, 0) is 36.4 Å². The number of amides is 2. The van der Waals surface area contributed by atoms with Gasteiger partial charge in [0.25, 0.3) is 5.91 Å². The van der Waals surface area contributed by atoms with Gasteiger partial charge in [-0.1, -0.05) is 6.58 Å². The topological polar surface area (TPSA) is 93.7 Å². The number of fused-ring (bicyclic) bond motifs is 1. The van der Waals surface area contributed by atoms with E-state index in [4.69, 9.17) is 9.47 Å². The number of piperidine rings is 1. The fourth-order valence-electron chi connectivity index (χ4n) is 3.70. The Morgan fingerprint density at radius 1 is 1.15 bits per heavy atom. The van der Waals surface area contributed by atoms with Gasteiger partial charge in [-0.25, -0.2) is 14.4 Å². The number of nitrogens with one attached hydrogen (secondary N) is 1. The zero-order valence-electron chi connectivity index (χ0n) is 18.1. The average molecular weight is 450 g/mol. The van der Waals surface area contributed by atoms with Crippen molar-refractivity contribution in [2.24, 2.45) is 0 Å². The van der Waals surface area contributed by atoms with E-state index in [-0.39, 0.29) is 12.0 Å². The van der Waals surface area contributed by atoms with Crippen molar-refractivity contribution in [3.8, 4) is 11.5 Å². The largest absolute Gasteiger partial charge is 0.493 e. The van der Waals surface area contributed by atoms with E-state index in [1.165, 1.54) is 43.8 Å². The zero-order chi connectivity index (χ0) is 23.4. The molecule has 33 heavy (non-hydrogen) atoms. The minimum absolute atomic E-state index is 0.0876. The molecule has 8 nitrogen and oxygen atoms in total. The first-order chi connectivity index (χ1) is 16.0. The van der Waals surface area contributed by atoms with Crippen LogP contribution in [0.3, 0.4) is 0 Å². The van der Waals surface area contributed by atoms with Gasteiger partial charge >= 0.3 is 0 Å². The van der Waals surface area contributed by atoms with Gasteiger partial charge in [-0.15, -0.1) is 0 Å². The number of carbonyl (C=O) groups excluding carboxylic acids is 2. The molecule has 0 spiro atoms. The molecule has 2 heterocycles. The molecular formula is C24H23FN4O4. The Bertz CT molecular complexity index is 1190. The van der Waals surface area contributed by atoms with Gasteiger partial charge in [-0.3, -0.25) is 9.59 Å². The Kier molecular flexibility index (Phi) is 6.48. The number of halogens is 1. The highest BCUT2D eigenvalue weighted by Crippen LogP contribution is 2.35. The van der Waals surface area contributed by atoms with Crippen LogP contribution in [-0.2, 0) is 4.79 Å². The summed E-state index contributed by atoms with van der Waals surface area (Å²) in [7, 11) is 1.54. The molecule has 1 N–H and O–H groups in total. The lowest BCUT2D eigenvalue weighted by atomic mass is 10.1. The highest BCUT2D eigenvalue weighted by atomic mass is 19.1. The maximum atomic E-state index is 13.2. The Morgan fingerprint density at radius 3 is 2.55 bits per heavy atom. The number of hydrogen-bond donors (Lipinski definition) is 1. The highest BCUT2D eigenvalue weighted by Gasteiger charge is 2.24. The van der Waals surface area contributed by atoms with Crippen molar-refractivity contribution in [1.29, 1.82) is 0 Å². The van der Waals surface area contributed by atoms with Gasteiger partial charge in [0.15, 0.2) is 11.5 Å². The van der Waals surface area contributed by atoms with Crippen molar-refractivity contribution >= 4 is 28.5 Å². The first kappa shape index (κ1) is 22.2. The Morgan fingerprint density at radius 2 is 1.88 bits per heavy atom. The lowest BCUT2D eigenvalue weighted by Gasteiger charge is -2.31. The molecule has 170 valence electrons. The minimum Gasteiger partial charge on any atom is -0.493 e. The predicted molar refractivity (Wildman–Crippen MR) is 121 cm³/mol. The number of rotatable bonds is 6. The van der Waals surface area contributed by atoms with Crippen molar-refractivity contribution in [1.82, 2.24) is 14.9 Å². The molecule has 0 atom stereocenters. The fourth-order valence-corrected chi connectivity index (χ4v) is 3.70. The minimum atomic E-state index is -0.424. The lowest BCUT2D eigenvalue weighted by Crippen LogP contribution is -2.41. The van der Waals surface area contributed by atoms with Crippen molar-refractivity contribution in [2.75, 3.05) is 25.5 Å². The van der Waals surface area contributed by atoms with Gasteiger partial charge in [0, 0.05) is 42.9 Å². The molecule has 3 aromatic rings. The first-order valence-corrected chi connectivity index (χ1v) is 10.5. The second-order valence-corrected chi connectivity index (χ2v) is 7.55. The molecule has 2 amide bonds. The summed E-state index contributed by atoms with van der Waals surface area (Å²) >= 11 is 0. The first-order valence-electron chi connectivity index (χ1n) is 10.5. The number of ether oxygens (including phenoxy) is 2. The Hall–Kier alpha value is -4.01. The molecule has 0 saturated carbocycles. The molecule has 0 unspecified atom stereocenters. The Labute approximate surface area is 190 Å². The smallest absolute Gasteiger partial charge is 0.256 e. The molecule has 0 bridgehead atoms. The summed E-state index contributed by atoms with van der Waals surface area (Å²) in [5.74, 6) is 0.357. The maximum Gasteiger partial charge on any atom is 0.256 e. The summed E-state index contributed by atoms with van der Waals surface area (Å²) in [6, 6.07) is 8.69. The molecule has 1 aliphatic rings. The van der Waals surface area contributed by atoms with Gasteiger partial charge in [0.2, 0.25) is 5.91 Å². The van der Waals surface area contributed by atoms with E-state index in [2.05, 4.69) is 21.9 Å². The van der Waals surface area contributed by atoms with E-state index in [1.54, 1.807) is 17.0 Å². The van der Waals surface area contributed by atoms with Crippen molar-refractivity contribution < 1.29 is 23.5 Å². The fraction of sp³-hybridized carbons (Fsp3) is 0.250. The molecule has 1 aromatic heterocycles. The molecule has 0 aliphatic carbocycles. The molecule has 2 aromatic carbocycles. The van der Waals surface area contributed by atoms with Crippen molar-refractivity contribution in [3.05, 3.63) is 66.8 Å². The summed E-state index contributed by atoms with van der Waals surface area (Å²) < 4.78 is 24.9. The van der Waals surface area contributed by atoms with Gasteiger partial charge in [0.1, 0.15) is 24.1 Å². The van der Waals surface area contributed by atoms with Crippen LogP contribution in [0.2, 0.25) is 0 Å². The molecule has 1 saturated heterocycles. The van der Waals surface area contributed by atoms with Crippen molar-refractivity contribution in [2.45, 2.75) is 18.9 Å². The number of carbonyl (C=O) groups is 2. The average Bonchev–Trinajstić information content (AvgIpc) is 2.84. The van der Waals surface area contributed by atoms with Gasteiger partial charge in [-0.2, -0.15) is 0 Å². The third-order valence-electron chi connectivity index (χ3n) is 5.48. The number of aromatic nitrogens is 2. The van der Waals surface area contributed by atoms with Crippen LogP contribution in [0.25, 0.3) is 10.9 Å². The van der Waals surface area contributed by atoms with Crippen LogP contribution in [0.1, 0.15) is 23.2 Å². The number of methoxy groups -OCH3 is 1. The summed E-state index contributed by atoms with van der Waals surface area (Å²) in [4.78, 5) is 34.6. The molecular weight excluding hydrogens is 427 g/mol. The second kappa shape index (κ2) is 9.64. The lowest BCUT2D eigenvalue weighted by molar-refractivity contribution is -0.127. The molecule has 1 fully saturated rings. The van der Waals surface area contributed by atoms with Crippen LogP contribution in [0.15, 0.2) is 55.4 Å². The number of benzene rings is 2. The van der Waals surface area contributed by atoms with Gasteiger partial charge < -0.3 is 19.7 Å². The highest BCUT2D eigenvalue weighted by molar-refractivity contribution is 6.07. The molecule has 9 heteroatoms. The monoisotopic (exact) mass is 450 g/mol. The van der Waals surface area contributed by atoms with Crippen LogP contribution < -0.4 is 14.8 Å².